The first-order chi connectivity index (χ1) is 7.92. The van der Waals surface area contributed by atoms with Crippen LogP contribution >= 0.6 is 0 Å². The zero-order chi connectivity index (χ0) is 10.5. The van der Waals surface area contributed by atoms with E-state index in [9.17, 15) is 0 Å². The van der Waals surface area contributed by atoms with E-state index in [0.29, 0.717) is 0 Å². The van der Waals surface area contributed by atoms with E-state index in [0.717, 1.165) is 33.0 Å². The monoisotopic (exact) mass is 208 g/mol. The average Bonchev–Trinajstić information content (AvgIpc) is 2.88. The Kier molecular flexibility index (Phi) is 1.28. The van der Waals surface area contributed by atoms with Crippen molar-refractivity contribution < 1.29 is 0 Å². The molecular formula is C12H8N4. The van der Waals surface area contributed by atoms with Crippen molar-refractivity contribution in [2.75, 3.05) is 0 Å². The maximum Gasteiger partial charge on any atom is 0.0967 e. The van der Waals surface area contributed by atoms with Crippen LogP contribution in [0.3, 0.4) is 0 Å². The van der Waals surface area contributed by atoms with Gasteiger partial charge in [-0.15, -0.1) is 0 Å². The quantitative estimate of drug-likeness (QED) is 0.466. The lowest BCUT2D eigenvalue weighted by Gasteiger charge is -1.91. The number of aromatic amines is 2. The molecule has 0 aromatic carbocycles. The van der Waals surface area contributed by atoms with Crippen molar-refractivity contribution in [3.63, 3.8) is 0 Å². The third-order valence-electron chi connectivity index (χ3n) is 2.88. The van der Waals surface area contributed by atoms with Gasteiger partial charge in [0.1, 0.15) is 0 Å². The van der Waals surface area contributed by atoms with Gasteiger partial charge in [-0.1, -0.05) is 0 Å². The van der Waals surface area contributed by atoms with E-state index in [1.54, 1.807) is 6.20 Å². The highest BCUT2D eigenvalue weighted by atomic mass is 14.8. The van der Waals surface area contributed by atoms with E-state index in [1.165, 1.54) is 0 Å². The van der Waals surface area contributed by atoms with Crippen LogP contribution in [0.4, 0.5) is 0 Å². The molecule has 0 saturated heterocycles. The molecule has 0 aliphatic rings. The molecule has 4 aromatic rings. The second-order valence-electron chi connectivity index (χ2n) is 3.84. The van der Waals surface area contributed by atoms with E-state index < -0.39 is 0 Å². The van der Waals surface area contributed by atoms with Gasteiger partial charge in [0.15, 0.2) is 0 Å². The van der Waals surface area contributed by atoms with Gasteiger partial charge in [-0.25, -0.2) is 4.98 Å². The maximum atomic E-state index is 4.64. The van der Waals surface area contributed by atoms with Crippen molar-refractivity contribution in [2.24, 2.45) is 0 Å². The SMILES string of the molecule is c1cc2c(cn1)[nH]c1cc3[nH]ccc3nc12. The Morgan fingerprint density at radius 2 is 2.06 bits per heavy atom. The Balaban J connectivity index is 2.32. The van der Waals surface area contributed by atoms with E-state index in [4.69, 9.17) is 0 Å². The number of hydrogen-bond acceptors (Lipinski definition) is 2. The van der Waals surface area contributed by atoms with Gasteiger partial charge in [-0.2, -0.15) is 0 Å². The first-order valence-corrected chi connectivity index (χ1v) is 5.11. The summed E-state index contributed by atoms with van der Waals surface area (Å²) in [5.74, 6) is 0. The van der Waals surface area contributed by atoms with Gasteiger partial charge < -0.3 is 9.97 Å². The third kappa shape index (κ3) is 0.883. The molecule has 4 rings (SSSR count). The lowest BCUT2D eigenvalue weighted by atomic mass is 10.2. The molecule has 4 nitrogen and oxygen atoms in total. The van der Waals surface area contributed by atoms with Crippen molar-refractivity contribution in [3.05, 3.63) is 36.8 Å². The molecule has 0 fully saturated rings. The van der Waals surface area contributed by atoms with Gasteiger partial charge in [0.05, 0.1) is 33.8 Å². The summed E-state index contributed by atoms with van der Waals surface area (Å²) in [5, 5.41) is 1.12. The van der Waals surface area contributed by atoms with Crippen molar-refractivity contribution >= 4 is 33.0 Å². The highest BCUT2D eigenvalue weighted by Crippen LogP contribution is 2.25. The number of aromatic nitrogens is 4. The Bertz CT molecular complexity index is 809. The first kappa shape index (κ1) is 7.87. The fraction of sp³-hybridized carbons (Fsp3) is 0. The fourth-order valence-corrected chi connectivity index (χ4v) is 2.13. The van der Waals surface area contributed by atoms with Gasteiger partial charge in [0.2, 0.25) is 0 Å². The van der Waals surface area contributed by atoms with Gasteiger partial charge in [-0.3, -0.25) is 4.98 Å². The topological polar surface area (TPSA) is 57.4 Å². The van der Waals surface area contributed by atoms with Gasteiger partial charge >= 0.3 is 0 Å². The van der Waals surface area contributed by atoms with E-state index >= 15 is 0 Å². The predicted octanol–water partition coefficient (Wildman–Crippen LogP) is 2.59. The van der Waals surface area contributed by atoms with Crippen LogP contribution in [0.1, 0.15) is 0 Å². The zero-order valence-electron chi connectivity index (χ0n) is 8.36. The molecule has 4 heteroatoms. The third-order valence-corrected chi connectivity index (χ3v) is 2.88. The van der Waals surface area contributed by atoms with Crippen LogP contribution in [0.25, 0.3) is 33.0 Å². The minimum Gasteiger partial charge on any atom is -0.360 e. The fourth-order valence-electron chi connectivity index (χ4n) is 2.13. The number of nitrogens with one attached hydrogen (secondary N) is 2. The molecule has 16 heavy (non-hydrogen) atoms. The molecule has 4 aromatic heterocycles. The van der Waals surface area contributed by atoms with Gasteiger partial charge in [0.25, 0.3) is 0 Å². The van der Waals surface area contributed by atoms with Crippen LogP contribution in [-0.4, -0.2) is 19.9 Å². The molecule has 0 amide bonds. The Hall–Kier alpha value is -2.36. The van der Waals surface area contributed by atoms with Gasteiger partial charge in [0, 0.05) is 17.8 Å². The summed E-state index contributed by atoms with van der Waals surface area (Å²) in [6.45, 7) is 0. The summed E-state index contributed by atoms with van der Waals surface area (Å²) in [6.07, 6.45) is 5.52. The summed E-state index contributed by atoms with van der Waals surface area (Å²) < 4.78 is 0. The van der Waals surface area contributed by atoms with E-state index in [-0.39, 0.29) is 0 Å². The minimum atomic E-state index is 0.991. The highest BCUT2D eigenvalue weighted by molar-refractivity contribution is 6.07. The molecule has 0 aliphatic heterocycles. The molecular weight excluding hydrogens is 200 g/mol. The van der Waals surface area contributed by atoms with Gasteiger partial charge in [-0.05, 0) is 18.2 Å². The molecule has 0 aliphatic carbocycles. The Morgan fingerprint density at radius 1 is 1.06 bits per heavy atom. The second-order valence-corrected chi connectivity index (χ2v) is 3.84. The Labute approximate surface area is 90.3 Å². The number of H-pyrrole nitrogens is 2. The molecule has 4 heterocycles. The normalized spacial score (nSPS) is 11.8. The molecule has 76 valence electrons. The van der Waals surface area contributed by atoms with Crippen LogP contribution in [0.15, 0.2) is 36.8 Å². The zero-order valence-corrected chi connectivity index (χ0v) is 8.36. The number of nitrogens with zero attached hydrogens (tertiary/aromatic N) is 2. The number of rotatable bonds is 0. The number of fused-ring (bicyclic) bond motifs is 4. The average molecular weight is 208 g/mol. The Morgan fingerprint density at radius 3 is 3.06 bits per heavy atom. The molecule has 0 saturated carbocycles. The van der Waals surface area contributed by atoms with Crippen LogP contribution < -0.4 is 0 Å². The summed E-state index contributed by atoms with van der Waals surface area (Å²) in [4.78, 5) is 15.2. The summed E-state index contributed by atoms with van der Waals surface area (Å²) in [7, 11) is 0. The van der Waals surface area contributed by atoms with Crippen molar-refractivity contribution in [3.8, 4) is 0 Å². The number of hydrogen-bond donors (Lipinski definition) is 2. The van der Waals surface area contributed by atoms with Crippen LogP contribution in [0, 0.1) is 0 Å². The smallest absolute Gasteiger partial charge is 0.0967 e. The second kappa shape index (κ2) is 2.61. The lowest BCUT2D eigenvalue weighted by Crippen LogP contribution is -1.76. The standard InChI is InChI=1S/C12H8N4/c1-3-13-6-11-7(1)12-10(15-11)5-9-8(16-12)2-4-14-9/h1-6,14-15H. The summed E-state index contributed by atoms with van der Waals surface area (Å²) >= 11 is 0. The summed E-state index contributed by atoms with van der Waals surface area (Å²) in [5.41, 5.74) is 5.11. The molecule has 0 spiro atoms. The van der Waals surface area contributed by atoms with Crippen LogP contribution in [0.2, 0.25) is 0 Å². The predicted molar refractivity (Wildman–Crippen MR) is 63.3 cm³/mol. The van der Waals surface area contributed by atoms with Crippen LogP contribution in [-0.2, 0) is 0 Å². The molecule has 0 unspecified atom stereocenters. The van der Waals surface area contributed by atoms with Crippen molar-refractivity contribution in [1.82, 2.24) is 19.9 Å². The summed E-state index contributed by atoms with van der Waals surface area (Å²) in [6, 6.07) is 6.05. The maximum absolute atomic E-state index is 4.64. The van der Waals surface area contributed by atoms with E-state index in [1.807, 2.05) is 24.5 Å². The molecule has 0 atom stereocenters. The van der Waals surface area contributed by atoms with E-state index in [2.05, 4.69) is 26.0 Å². The largest absolute Gasteiger partial charge is 0.360 e. The minimum absolute atomic E-state index is 0.991. The van der Waals surface area contributed by atoms with Crippen LogP contribution in [0.5, 0.6) is 0 Å². The van der Waals surface area contributed by atoms with Crippen molar-refractivity contribution in [1.29, 1.82) is 0 Å². The number of pyridine rings is 2. The highest BCUT2D eigenvalue weighted by Gasteiger charge is 2.06. The van der Waals surface area contributed by atoms with Crippen molar-refractivity contribution in [2.45, 2.75) is 0 Å². The molecule has 0 radical (unpaired) electrons. The first-order valence-electron chi connectivity index (χ1n) is 5.11. The molecule has 2 N–H and O–H groups in total. The molecule has 0 bridgehead atoms. The lowest BCUT2D eigenvalue weighted by molar-refractivity contribution is 1.35.